The van der Waals surface area contributed by atoms with Crippen LogP contribution in [0, 0.1) is 6.08 Å². The van der Waals surface area contributed by atoms with E-state index in [1.54, 1.807) is 6.07 Å². The molecule has 1 N–H and O–H groups in total. The molecular weight excluding hydrogens is 169 g/mol. The molecule has 1 aliphatic heterocycles. The van der Waals surface area contributed by atoms with Crippen LogP contribution in [0.1, 0.15) is 24.5 Å². The Hall–Kier alpha value is -1.03. The maximum absolute atomic E-state index is 12.7. The third-order valence-electron chi connectivity index (χ3n) is 2.41. The summed E-state index contributed by atoms with van der Waals surface area (Å²) >= 11 is 0. The van der Waals surface area contributed by atoms with Crippen LogP contribution in [0.25, 0.3) is 0 Å². The van der Waals surface area contributed by atoms with Crippen LogP contribution in [0.4, 0.5) is 4.39 Å². The van der Waals surface area contributed by atoms with Crippen LogP contribution in [0.5, 0.6) is 0 Å². The number of nitrogens with zero attached hydrogens (tertiary/aromatic N) is 2. The predicted octanol–water partition coefficient (Wildman–Crippen LogP) is 1.08. The van der Waals surface area contributed by atoms with Crippen molar-refractivity contribution in [3.8, 4) is 0 Å². The highest BCUT2D eigenvalue weighted by Gasteiger charge is 2.16. The average Bonchev–Trinajstić information content (AvgIpc) is 2.19. The van der Waals surface area contributed by atoms with Gasteiger partial charge in [-0.05, 0) is 32.0 Å². The maximum atomic E-state index is 12.7. The van der Waals surface area contributed by atoms with E-state index in [1.165, 1.54) is 6.20 Å². The molecule has 3 nitrogen and oxygen atoms in total. The summed E-state index contributed by atoms with van der Waals surface area (Å²) in [7, 11) is 0. The zero-order chi connectivity index (χ0) is 9.10. The lowest BCUT2D eigenvalue weighted by atomic mass is 9.94. The van der Waals surface area contributed by atoms with Crippen molar-refractivity contribution in [2.75, 3.05) is 13.1 Å². The number of halogens is 1. The molecule has 1 aliphatic rings. The van der Waals surface area contributed by atoms with E-state index in [0.717, 1.165) is 31.6 Å². The minimum Gasteiger partial charge on any atom is -0.317 e. The molecule has 0 spiro atoms. The van der Waals surface area contributed by atoms with Gasteiger partial charge in [0.2, 0.25) is 0 Å². The molecule has 0 atom stereocenters. The van der Waals surface area contributed by atoms with E-state index >= 15 is 0 Å². The number of aromatic nitrogens is 2. The van der Waals surface area contributed by atoms with Gasteiger partial charge in [0.25, 0.3) is 0 Å². The van der Waals surface area contributed by atoms with Crippen LogP contribution < -0.4 is 5.32 Å². The van der Waals surface area contributed by atoms with Crippen molar-refractivity contribution in [3.05, 3.63) is 24.0 Å². The van der Waals surface area contributed by atoms with Crippen LogP contribution in [0.15, 0.2) is 12.3 Å². The van der Waals surface area contributed by atoms with Crippen LogP contribution in [-0.4, -0.2) is 23.1 Å². The summed E-state index contributed by atoms with van der Waals surface area (Å²) in [5.41, 5.74) is 0.842. The van der Waals surface area contributed by atoms with Gasteiger partial charge in [0.15, 0.2) is 0 Å². The van der Waals surface area contributed by atoms with E-state index < -0.39 is 6.08 Å². The summed E-state index contributed by atoms with van der Waals surface area (Å²) in [6.45, 7) is 1.99. The highest BCUT2D eigenvalue weighted by Crippen LogP contribution is 2.22. The zero-order valence-corrected chi connectivity index (χ0v) is 7.33. The number of rotatable bonds is 1. The Morgan fingerprint density at radius 3 is 2.85 bits per heavy atom. The molecule has 0 amide bonds. The minimum atomic E-state index is -0.615. The molecule has 1 saturated heterocycles. The van der Waals surface area contributed by atoms with Gasteiger partial charge in [-0.3, -0.25) is 0 Å². The molecule has 0 saturated carbocycles. The standard InChI is InChI=1S/C9H12FN3/c10-9-12-6-3-8(13-9)7-1-4-11-5-2-7/h3,6-7,11H,1-2,4-5H2. The summed E-state index contributed by atoms with van der Waals surface area (Å²) < 4.78 is 12.7. The molecule has 4 heteroatoms. The third-order valence-corrected chi connectivity index (χ3v) is 2.41. The second kappa shape index (κ2) is 3.79. The van der Waals surface area contributed by atoms with Gasteiger partial charge in [-0.15, -0.1) is 0 Å². The number of hydrogen-bond donors (Lipinski definition) is 1. The van der Waals surface area contributed by atoms with E-state index in [0.29, 0.717) is 5.92 Å². The van der Waals surface area contributed by atoms with Gasteiger partial charge in [0.1, 0.15) is 0 Å². The largest absolute Gasteiger partial charge is 0.317 e. The van der Waals surface area contributed by atoms with Gasteiger partial charge in [0, 0.05) is 17.8 Å². The number of nitrogens with one attached hydrogen (secondary N) is 1. The Labute approximate surface area is 76.4 Å². The summed E-state index contributed by atoms with van der Waals surface area (Å²) in [5, 5.41) is 3.26. The monoisotopic (exact) mass is 181 g/mol. The Morgan fingerprint density at radius 1 is 1.38 bits per heavy atom. The molecule has 70 valence electrons. The number of hydrogen-bond acceptors (Lipinski definition) is 3. The fourth-order valence-corrected chi connectivity index (χ4v) is 1.69. The van der Waals surface area contributed by atoms with Crippen molar-refractivity contribution in [2.45, 2.75) is 18.8 Å². The first-order valence-corrected chi connectivity index (χ1v) is 4.55. The van der Waals surface area contributed by atoms with Crippen molar-refractivity contribution in [1.82, 2.24) is 15.3 Å². The highest BCUT2D eigenvalue weighted by atomic mass is 19.1. The van der Waals surface area contributed by atoms with Crippen LogP contribution in [0.2, 0.25) is 0 Å². The van der Waals surface area contributed by atoms with E-state index in [1.807, 2.05) is 0 Å². The van der Waals surface area contributed by atoms with Crippen LogP contribution in [0.3, 0.4) is 0 Å². The molecule has 0 bridgehead atoms. The molecule has 0 aromatic carbocycles. The molecule has 13 heavy (non-hydrogen) atoms. The molecular formula is C9H12FN3. The fourth-order valence-electron chi connectivity index (χ4n) is 1.69. The Morgan fingerprint density at radius 2 is 2.15 bits per heavy atom. The maximum Gasteiger partial charge on any atom is 0.308 e. The average molecular weight is 181 g/mol. The van der Waals surface area contributed by atoms with Crippen molar-refractivity contribution in [1.29, 1.82) is 0 Å². The molecule has 2 heterocycles. The van der Waals surface area contributed by atoms with Crippen LogP contribution in [-0.2, 0) is 0 Å². The fraction of sp³-hybridized carbons (Fsp3) is 0.556. The first-order valence-electron chi connectivity index (χ1n) is 4.55. The quantitative estimate of drug-likeness (QED) is 0.659. The minimum absolute atomic E-state index is 0.402. The Kier molecular flexibility index (Phi) is 2.49. The Balaban J connectivity index is 2.14. The topological polar surface area (TPSA) is 37.8 Å². The predicted molar refractivity (Wildman–Crippen MR) is 46.8 cm³/mol. The lowest BCUT2D eigenvalue weighted by Gasteiger charge is -2.21. The smallest absolute Gasteiger partial charge is 0.308 e. The van der Waals surface area contributed by atoms with Gasteiger partial charge in [-0.25, -0.2) is 9.97 Å². The summed E-state index contributed by atoms with van der Waals surface area (Å²) in [5.74, 6) is 0.402. The van der Waals surface area contributed by atoms with Gasteiger partial charge in [-0.2, -0.15) is 4.39 Å². The lowest BCUT2D eigenvalue weighted by molar-refractivity contribution is 0.441. The molecule has 0 radical (unpaired) electrons. The number of piperidine rings is 1. The Bertz CT molecular complexity index is 284. The van der Waals surface area contributed by atoms with Gasteiger partial charge in [-0.1, -0.05) is 0 Å². The van der Waals surface area contributed by atoms with Crippen molar-refractivity contribution in [3.63, 3.8) is 0 Å². The van der Waals surface area contributed by atoms with Crippen molar-refractivity contribution >= 4 is 0 Å². The van der Waals surface area contributed by atoms with Crippen LogP contribution >= 0.6 is 0 Å². The molecule has 0 unspecified atom stereocenters. The first-order chi connectivity index (χ1) is 6.36. The van der Waals surface area contributed by atoms with Crippen molar-refractivity contribution < 1.29 is 4.39 Å². The second-order valence-corrected chi connectivity index (χ2v) is 3.27. The molecule has 2 rings (SSSR count). The van der Waals surface area contributed by atoms with Crippen molar-refractivity contribution in [2.24, 2.45) is 0 Å². The lowest BCUT2D eigenvalue weighted by Crippen LogP contribution is -2.27. The SMILES string of the molecule is Fc1nccc(C2CCNCC2)n1. The van der Waals surface area contributed by atoms with Gasteiger partial charge < -0.3 is 5.32 Å². The summed E-state index contributed by atoms with van der Waals surface area (Å²) in [6.07, 6.45) is 2.95. The second-order valence-electron chi connectivity index (χ2n) is 3.27. The van der Waals surface area contributed by atoms with E-state index in [-0.39, 0.29) is 0 Å². The van der Waals surface area contributed by atoms with E-state index in [2.05, 4.69) is 15.3 Å². The van der Waals surface area contributed by atoms with Gasteiger partial charge >= 0.3 is 6.08 Å². The van der Waals surface area contributed by atoms with E-state index in [4.69, 9.17) is 0 Å². The third kappa shape index (κ3) is 2.01. The van der Waals surface area contributed by atoms with Gasteiger partial charge in [0.05, 0.1) is 0 Å². The normalized spacial score (nSPS) is 18.8. The molecule has 1 fully saturated rings. The molecule has 1 aromatic rings. The molecule has 1 aromatic heterocycles. The summed E-state index contributed by atoms with van der Waals surface area (Å²) in [4.78, 5) is 7.23. The van der Waals surface area contributed by atoms with E-state index in [9.17, 15) is 4.39 Å². The zero-order valence-electron chi connectivity index (χ0n) is 7.33. The highest BCUT2D eigenvalue weighted by molar-refractivity contribution is 5.07. The molecule has 0 aliphatic carbocycles. The summed E-state index contributed by atoms with van der Waals surface area (Å²) in [6, 6.07) is 1.80. The first kappa shape index (κ1) is 8.56.